The highest BCUT2D eigenvalue weighted by molar-refractivity contribution is 4.97. The predicted octanol–water partition coefficient (Wildman–Crippen LogP) is 0.187. The SMILES string of the molecule is CCCC(N)C(CO)N1CCn2ccnc2C1. The lowest BCUT2D eigenvalue weighted by Gasteiger charge is -2.36. The minimum absolute atomic E-state index is 0.0477. The molecular formula is C12H22N4O. The average molecular weight is 238 g/mol. The van der Waals surface area contributed by atoms with Crippen molar-refractivity contribution >= 4 is 0 Å². The zero-order chi connectivity index (χ0) is 12.3. The van der Waals surface area contributed by atoms with E-state index in [-0.39, 0.29) is 18.7 Å². The molecular weight excluding hydrogens is 216 g/mol. The molecule has 0 saturated carbocycles. The minimum Gasteiger partial charge on any atom is -0.395 e. The summed E-state index contributed by atoms with van der Waals surface area (Å²) in [6.45, 7) is 4.91. The van der Waals surface area contributed by atoms with E-state index >= 15 is 0 Å². The highest BCUT2D eigenvalue weighted by Gasteiger charge is 2.27. The van der Waals surface area contributed by atoms with Gasteiger partial charge in [0.15, 0.2) is 0 Å². The monoisotopic (exact) mass is 238 g/mol. The first-order valence-electron chi connectivity index (χ1n) is 6.36. The number of aromatic nitrogens is 2. The summed E-state index contributed by atoms with van der Waals surface area (Å²) in [5.41, 5.74) is 6.14. The van der Waals surface area contributed by atoms with Crippen LogP contribution in [0.2, 0.25) is 0 Å². The van der Waals surface area contributed by atoms with Gasteiger partial charge in [0.2, 0.25) is 0 Å². The Morgan fingerprint density at radius 1 is 1.53 bits per heavy atom. The third-order valence-corrected chi connectivity index (χ3v) is 3.55. The van der Waals surface area contributed by atoms with Crippen LogP contribution in [0.25, 0.3) is 0 Å². The second-order valence-corrected chi connectivity index (χ2v) is 4.71. The minimum atomic E-state index is 0.0477. The molecule has 0 spiro atoms. The largest absolute Gasteiger partial charge is 0.395 e. The fraction of sp³-hybridized carbons (Fsp3) is 0.750. The molecule has 17 heavy (non-hydrogen) atoms. The van der Waals surface area contributed by atoms with Crippen LogP contribution in [0.1, 0.15) is 25.6 Å². The van der Waals surface area contributed by atoms with E-state index in [0.29, 0.717) is 0 Å². The quantitative estimate of drug-likeness (QED) is 0.768. The maximum atomic E-state index is 9.53. The van der Waals surface area contributed by atoms with Gasteiger partial charge in [-0.2, -0.15) is 0 Å². The van der Waals surface area contributed by atoms with Crippen LogP contribution in [-0.2, 0) is 13.1 Å². The van der Waals surface area contributed by atoms with E-state index in [9.17, 15) is 5.11 Å². The van der Waals surface area contributed by atoms with Crippen molar-refractivity contribution in [3.8, 4) is 0 Å². The summed E-state index contributed by atoms with van der Waals surface area (Å²) >= 11 is 0. The van der Waals surface area contributed by atoms with Crippen LogP contribution in [0.3, 0.4) is 0 Å². The Morgan fingerprint density at radius 2 is 2.35 bits per heavy atom. The lowest BCUT2D eigenvalue weighted by Crippen LogP contribution is -2.52. The molecule has 0 radical (unpaired) electrons. The van der Waals surface area contributed by atoms with E-state index in [2.05, 4.69) is 21.4 Å². The Labute approximate surface area is 102 Å². The lowest BCUT2D eigenvalue weighted by molar-refractivity contribution is 0.0775. The molecule has 0 aromatic carbocycles. The molecule has 2 rings (SSSR count). The average Bonchev–Trinajstić information content (AvgIpc) is 2.77. The fourth-order valence-electron chi connectivity index (χ4n) is 2.52. The molecule has 5 nitrogen and oxygen atoms in total. The molecule has 3 N–H and O–H groups in total. The normalized spacial score (nSPS) is 19.9. The van der Waals surface area contributed by atoms with Crippen molar-refractivity contribution in [3.05, 3.63) is 18.2 Å². The van der Waals surface area contributed by atoms with Gasteiger partial charge in [0.1, 0.15) is 5.82 Å². The van der Waals surface area contributed by atoms with E-state index in [1.165, 1.54) is 0 Å². The van der Waals surface area contributed by atoms with Gasteiger partial charge in [0.05, 0.1) is 13.2 Å². The number of fused-ring (bicyclic) bond motifs is 1. The molecule has 1 aromatic rings. The van der Waals surface area contributed by atoms with Gasteiger partial charge < -0.3 is 15.4 Å². The Bertz CT molecular complexity index is 352. The van der Waals surface area contributed by atoms with Crippen LogP contribution in [0.5, 0.6) is 0 Å². The molecule has 2 unspecified atom stereocenters. The van der Waals surface area contributed by atoms with Crippen molar-refractivity contribution < 1.29 is 5.11 Å². The smallest absolute Gasteiger partial charge is 0.122 e. The highest BCUT2D eigenvalue weighted by atomic mass is 16.3. The number of aliphatic hydroxyl groups excluding tert-OH is 1. The number of imidazole rings is 1. The second kappa shape index (κ2) is 5.62. The Morgan fingerprint density at radius 3 is 3.06 bits per heavy atom. The molecule has 0 amide bonds. The predicted molar refractivity (Wildman–Crippen MR) is 66.4 cm³/mol. The summed E-state index contributed by atoms with van der Waals surface area (Å²) in [4.78, 5) is 6.58. The van der Waals surface area contributed by atoms with Gasteiger partial charge in [0.25, 0.3) is 0 Å². The molecule has 0 saturated heterocycles. The summed E-state index contributed by atoms with van der Waals surface area (Å²) in [6.07, 6.45) is 5.85. The van der Waals surface area contributed by atoms with Crippen LogP contribution < -0.4 is 5.73 Å². The maximum absolute atomic E-state index is 9.53. The molecule has 0 aliphatic carbocycles. The van der Waals surface area contributed by atoms with Gasteiger partial charge in [-0.25, -0.2) is 4.98 Å². The molecule has 0 fully saturated rings. The molecule has 5 heteroatoms. The van der Waals surface area contributed by atoms with Crippen molar-refractivity contribution in [1.29, 1.82) is 0 Å². The van der Waals surface area contributed by atoms with Gasteiger partial charge in [-0.15, -0.1) is 0 Å². The van der Waals surface area contributed by atoms with Crippen molar-refractivity contribution in [3.63, 3.8) is 0 Å². The van der Waals surface area contributed by atoms with E-state index in [4.69, 9.17) is 5.73 Å². The Hall–Kier alpha value is -0.910. The Kier molecular flexibility index (Phi) is 4.15. The fourth-order valence-corrected chi connectivity index (χ4v) is 2.52. The van der Waals surface area contributed by atoms with Crippen LogP contribution in [-0.4, -0.2) is 44.8 Å². The molecule has 1 aliphatic heterocycles. The molecule has 1 aliphatic rings. The first-order chi connectivity index (χ1) is 8.26. The number of aliphatic hydroxyl groups is 1. The molecule has 2 atom stereocenters. The topological polar surface area (TPSA) is 67.3 Å². The van der Waals surface area contributed by atoms with Gasteiger partial charge in [-0.3, -0.25) is 4.90 Å². The molecule has 1 aromatic heterocycles. The van der Waals surface area contributed by atoms with Crippen LogP contribution in [0.15, 0.2) is 12.4 Å². The molecule has 0 bridgehead atoms. The van der Waals surface area contributed by atoms with E-state index in [1.807, 2.05) is 12.4 Å². The van der Waals surface area contributed by atoms with Gasteiger partial charge >= 0.3 is 0 Å². The van der Waals surface area contributed by atoms with Crippen molar-refractivity contribution in [2.24, 2.45) is 5.73 Å². The molecule has 2 heterocycles. The number of nitrogens with two attached hydrogens (primary N) is 1. The third kappa shape index (κ3) is 2.68. The summed E-state index contributed by atoms with van der Waals surface area (Å²) in [7, 11) is 0. The van der Waals surface area contributed by atoms with Crippen LogP contribution in [0, 0.1) is 0 Å². The maximum Gasteiger partial charge on any atom is 0.122 e. The van der Waals surface area contributed by atoms with E-state index in [1.54, 1.807) is 0 Å². The second-order valence-electron chi connectivity index (χ2n) is 4.71. The zero-order valence-electron chi connectivity index (χ0n) is 10.4. The summed E-state index contributed by atoms with van der Waals surface area (Å²) in [5.74, 6) is 1.07. The first-order valence-corrected chi connectivity index (χ1v) is 6.36. The standard InChI is InChI=1S/C12H22N4O/c1-2-3-10(13)11(9-17)16-7-6-15-5-4-14-12(15)8-16/h4-5,10-11,17H,2-3,6-9,13H2,1H3. The highest BCUT2D eigenvalue weighted by Crippen LogP contribution is 2.16. The lowest BCUT2D eigenvalue weighted by atomic mass is 10.0. The van der Waals surface area contributed by atoms with Crippen molar-refractivity contribution in [1.82, 2.24) is 14.5 Å². The number of hydrogen-bond donors (Lipinski definition) is 2. The van der Waals surface area contributed by atoms with Gasteiger partial charge in [-0.05, 0) is 6.42 Å². The van der Waals surface area contributed by atoms with Gasteiger partial charge in [-0.1, -0.05) is 13.3 Å². The zero-order valence-corrected chi connectivity index (χ0v) is 10.4. The van der Waals surface area contributed by atoms with Gasteiger partial charge in [0, 0.05) is 37.6 Å². The Balaban J connectivity index is 2.02. The first kappa shape index (κ1) is 12.5. The third-order valence-electron chi connectivity index (χ3n) is 3.55. The van der Waals surface area contributed by atoms with Crippen molar-refractivity contribution in [2.75, 3.05) is 13.2 Å². The van der Waals surface area contributed by atoms with Crippen molar-refractivity contribution in [2.45, 2.75) is 44.9 Å². The van der Waals surface area contributed by atoms with E-state index < -0.39 is 0 Å². The summed E-state index contributed by atoms with van der Waals surface area (Å²) < 4.78 is 2.16. The summed E-state index contributed by atoms with van der Waals surface area (Å²) in [5, 5.41) is 9.53. The number of rotatable bonds is 5. The number of hydrogen-bond acceptors (Lipinski definition) is 4. The van der Waals surface area contributed by atoms with E-state index in [0.717, 1.165) is 38.3 Å². The summed E-state index contributed by atoms with van der Waals surface area (Å²) in [6, 6.07) is 0.104. The number of nitrogens with zero attached hydrogens (tertiary/aromatic N) is 3. The van der Waals surface area contributed by atoms with Crippen LogP contribution >= 0.6 is 0 Å². The molecule has 96 valence electrons. The van der Waals surface area contributed by atoms with Crippen LogP contribution in [0.4, 0.5) is 0 Å².